The first-order valence-corrected chi connectivity index (χ1v) is 6.64. The van der Waals surface area contributed by atoms with Crippen LogP contribution in [0.4, 0.5) is 0 Å². The second-order valence-electron chi connectivity index (χ2n) is 3.72. The monoisotopic (exact) mass is 284 g/mol. The van der Waals surface area contributed by atoms with Crippen LogP contribution in [0.2, 0.25) is 0 Å². The lowest BCUT2D eigenvalue weighted by Crippen LogP contribution is -2.28. The van der Waals surface area contributed by atoms with Gasteiger partial charge in [0.25, 0.3) is 0 Å². The predicted octanol–water partition coefficient (Wildman–Crippen LogP) is 0.625. The number of phenols is 1. The van der Waals surface area contributed by atoms with Crippen molar-refractivity contribution in [3.8, 4) is 11.8 Å². The summed E-state index contributed by atoms with van der Waals surface area (Å²) in [6.45, 7) is 0.00210. The van der Waals surface area contributed by atoms with Gasteiger partial charge in [-0.15, -0.1) is 0 Å². The van der Waals surface area contributed by atoms with E-state index in [0.29, 0.717) is 0 Å². The summed E-state index contributed by atoms with van der Waals surface area (Å²) < 4.78 is 25.1. The molecular weight excluding hydrogens is 272 g/mol. The lowest BCUT2D eigenvalue weighted by atomic mass is 10.2. The summed E-state index contributed by atoms with van der Waals surface area (Å²) in [6, 6.07) is 4.82. The van der Waals surface area contributed by atoms with Crippen LogP contribution in [0, 0.1) is 11.3 Å². The minimum atomic E-state index is -3.88. The number of sulfonamides is 1. The van der Waals surface area contributed by atoms with Crippen LogP contribution < -0.4 is 0 Å². The summed E-state index contributed by atoms with van der Waals surface area (Å²) in [7, 11) is -2.58. The molecule has 0 aliphatic heterocycles. The molecule has 0 atom stereocenters. The third kappa shape index (κ3) is 3.21. The number of rotatable bonds is 5. The molecule has 0 aliphatic carbocycles. The van der Waals surface area contributed by atoms with E-state index in [0.717, 1.165) is 22.5 Å². The highest BCUT2D eigenvalue weighted by Crippen LogP contribution is 2.23. The van der Waals surface area contributed by atoms with Gasteiger partial charge in [-0.3, -0.25) is 0 Å². The van der Waals surface area contributed by atoms with Crippen molar-refractivity contribution in [3.63, 3.8) is 0 Å². The van der Waals surface area contributed by atoms with E-state index in [1.807, 2.05) is 6.07 Å². The lowest BCUT2D eigenvalue weighted by molar-refractivity contribution is 0.0693. The average Bonchev–Trinajstić information content (AvgIpc) is 2.35. The minimum Gasteiger partial charge on any atom is -0.507 e. The summed E-state index contributed by atoms with van der Waals surface area (Å²) in [5.74, 6) is -1.93. The Morgan fingerprint density at radius 1 is 1.47 bits per heavy atom. The molecule has 1 rings (SSSR count). The number of hydrogen-bond acceptors (Lipinski definition) is 5. The molecular formula is C11H12N2O5S. The molecule has 19 heavy (non-hydrogen) atoms. The molecule has 0 unspecified atom stereocenters. The standard InChI is InChI=1S/C11H12N2O5S/c1-13(6-2-5-12)19(17,18)8-3-4-10(14)9(7-8)11(15)16/h3-4,7,14H,2,6H2,1H3,(H,15,16). The summed E-state index contributed by atoms with van der Waals surface area (Å²) in [5.41, 5.74) is -0.491. The molecule has 0 heterocycles. The molecule has 1 aromatic carbocycles. The van der Waals surface area contributed by atoms with Crippen LogP contribution in [0.3, 0.4) is 0 Å². The summed E-state index contributed by atoms with van der Waals surface area (Å²) in [6.07, 6.45) is 0.0274. The molecule has 0 saturated carbocycles. The van der Waals surface area contributed by atoms with Gasteiger partial charge in [0.05, 0.1) is 11.0 Å². The van der Waals surface area contributed by atoms with Crippen LogP contribution in [0.5, 0.6) is 5.75 Å². The lowest BCUT2D eigenvalue weighted by Gasteiger charge is -2.16. The van der Waals surface area contributed by atoms with Gasteiger partial charge < -0.3 is 10.2 Å². The molecule has 0 bridgehead atoms. The first kappa shape index (κ1) is 14.9. The molecule has 2 N–H and O–H groups in total. The highest BCUT2D eigenvalue weighted by Gasteiger charge is 2.23. The van der Waals surface area contributed by atoms with Crippen LogP contribution in [0.1, 0.15) is 16.8 Å². The Hall–Kier alpha value is -2.11. The Bertz CT molecular complexity index is 633. The maximum absolute atomic E-state index is 12.1. The Labute approximate surface area is 110 Å². The number of benzene rings is 1. The molecule has 1 aromatic rings. The van der Waals surface area contributed by atoms with E-state index in [-0.39, 0.29) is 17.9 Å². The van der Waals surface area contributed by atoms with Crippen LogP contribution in [0.25, 0.3) is 0 Å². The highest BCUT2D eigenvalue weighted by atomic mass is 32.2. The Morgan fingerprint density at radius 2 is 2.11 bits per heavy atom. The largest absolute Gasteiger partial charge is 0.507 e. The molecule has 0 fully saturated rings. The van der Waals surface area contributed by atoms with Crippen LogP contribution in [-0.4, -0.2) is 42.5 Å². The van der Waals surface area contributed by atoms with Gasteiger partial charge in [-0.1, -0.05) is 0 Å². The fourth-order valence-electron chi connectivity index (χ4n) is 1.35. The zero-order valence-electron chi connectivity index (χ0n) is 10.1. The number of carboxylic acid groups (broad SMARTS) is 1. The number of carbonyl (C=O) groups is 1. The first-order valence-electron chi connectivity index (χ1n) is 5.20. The van der Waals surface area contributed by atoms with Crippen molar-refractivity contribution in [3.05, 3.63) is 23.8 Å². The van der Waals surface area contributed by atoms with Crippen molar-refractivity contribution in [2.45, 2.75) is 11.3 Å². The van der Waals surface area contributed by atoms with E-state index < -0.39 is 27.3 Å². The van der Waals surface area contributed by atoms with Crippen molar-refractivity contribution < 1.29 is 23.4 Å². The smallest absolute Gasteiger partial charge is 0.339 e. The van der Waals surface area contributed by atoms with Crippen molar-refractivity contribution in [2.24, 2.45) is 0 Å². The molecule has 0 aliphatic rings. The second-order valence-corrected chi connectivity index (χ2v) is 5.76. The number of aromatic carboxylic acids is 1. The quantitative estimate of drug-likeness (QED) is 0.818. The summed E-state index contributed by atoms with van der Waals surface area (Å²) in [5, 5.41) is 26.6. The Kier molecular flexibility index (Phi) is 4.47. The Balaban J connectivity index is 3.19. The van der Waals surface area contributed by atoms with E-state index in [4.69, 9.17) is 10.4 Å². The van der Waals surface area contributed by atoms with Gasteiger partial charge in [-0.2, -0.15) is 9.57 Å². The topological polar surface area (TPSA) is 119 Å². The third-order valence-corrected chi connectivity index (χ3v) is 4.30. The number of aromatic hydroxyl groups is 1. The maximum atomic E-state index is 12.1. The van der Waals surface area contributed by atoms with Crippen molar-refractivity contribution in [1.29, 1.82) is 5.26 Å². The molecule has 8 heteroatoms. The van der Waals surface area contributed by atoms with Crippen molar-refractivity contribution in [2.75, 3.05) is 13.6 Å². The summed E-state index contributed by atoms with van der Waals surface area (Å²) >= 11 is 0. The second kappa shape index (κ2) is 5.69. The molecule has 7 nitrogen and oxygen atoms in total. The number of hydrogen-bond donors (Lipinski definition) is 2. The van der Waals surface area contributed by atoms with Gasteiger partial charge in [0.15, 0.2) is 0 Å². The van der Waals surface area contributed by atoms with Gasteiger partial charge >= 0.3 is 5.97 Å². The predicted molar refractivity (Wildman–Crippen MR) is 65.1 cm³/mol. The van der Waals surface area contributed by atoms with Crippen LogP contribution >= 0.6 is 0 Å². The minimum absolute atomic E-state index is 0.00210. The fraction of sp³-hybridized carbons (Fsp3) is 0.273. The van der Waals surface area contributed by atoms with E-state index in [2.05, 4.69) is 0 Å². The molecule has 0 spiro atoms. The summed E-state index contributed by atoms with van der Waals surface area (Å²) in [4.78, 5) is 10.6. The van der Waals surface area contributed by atoms with E-state index in [1.165, 1.54) is 7.05 Å². The first-order chi connectivity index (χ1) is 8.80. The average molecular weight is 284 g/mol. The normalized spacial score (nSPS) is 11.2. The number of carboxylic acids is 1. The van der Waals surface area contributed by atoms with Gasteiger partial charge in [0.1, 0.15) is 11.3 Å². The van der Waals surface area contributed by atoms with Gasteiger partial charge in [-0.25, -0.2) is 13.2 Å². The van der Waals surface area contributed by atoms with E-state index >= 15 is 0 Å². The van der Waals surface area contributed by atoms with Crippen molar-refractivity contribution >= 4 is 16.0 Å². The van der Waals surface area contributed by atoms with Gasteiger partial charge in [0, 0.05) is 20.0 Å². The molecule has 102 valence electrons. The van der Waals surface area contributed by atoms with Gasteiger partial charge in [-0.05, 0) is 18.2 Å². The van der Waals surface area contributed by atoms with Gasteiger partial charge in [0.2, 0.25) is 10.0 Å². The molecule has 0 amide bonds. The fourth-order valence-corrected chi connectivity index (χ4v) is 2.55. The molecule has 0 radical (unpaired) electrons. The molecule has 0 saturated heterocycles. The number of nitrogens with zero attached hydrogens (tertiary/aromatic N) is 2. The van der Waals surface area contributed by atoms with Crippen LogP contribution in [-0.2, 0) is 10.0 Å². The number of nitriles is 1. The molecule has 0 aromatic heterocycles. The zero-order valence-corrected chi connectivity index (χ0v) is 10.9. The Morgan fingerprint density at radius 3 is 2.63 bits per heavy atom. The highest BCUT2D eigenvalue weighted by molar-refractivity contribution is 7.89. The maximum Gasteiger partial charge on any atom is 0.339 e. The van der Waals surface area contributed by atoms with Crippen molar-refractivity contribution in [1.82, 2.24) is 4.31 Å². The van der Waals surface area contributed by atoms with E-state index in [1.54, 1.807) is 0 Å². The van der Waals surface area contributed by atoms with Crippen LogP contribution in [0.15, 0.2) is 23.1 Å². The SMILES string of the molecule is CN(CCC#N)S(=O)(=O)c1ccc(O)c(C(=O)O)c1. The van der Waals surface area contributed by atoms with E-state index in [9.17, 15) is 18.3 Å². The third-order valence-electron chi connectivity index (χ3n) is 2.45. The zero-order chi connectivity index (χ0) is 14.6.